The van der Waals surface area contributed by atoms with Crippen molar-refractivity contribution in [3.63, 3.8) is 0 Å². The molecule has 1 rings (SSSR count). The maximum absolute atomic E-state index is 11.7. The minimum atomic E-state index is -4.40. The predicted molar refractivity (Wildman–Crippen MR) is 39.9 cm³/mol. The zero-order valence-corrected chi connectivity index (χ0v) is 7.02. The van der Waals surface area contributed by atoms with Gasteiger partial charge in [0.1, 0.15) is 10.8 Å². The number of imidazole rings is 1. The van der Waals surface area contributed by atoms with E-state index >= 15 is 0 Å². The van der Waals surface area contributed by atoms with Crippen molar-refractivity contribution in [2.45, 2.75) is 10.5 Å². The van der Waals surface area contributed by atoms with Crippen LogP contribution in [0.3, 0.4) is 0 Å². The van der Waals surface area contributed by atoms with E-state index in [0.717, 1.165) is 0 Å². The Hall–Kier alpha value is -0.560. The molecule has 0 radical (unpaired) electrons. The summed E-state index contributed by atoms with van der Waals surface area (Å²) in [5.74, 6) is -0.178. The highest BCUT2D eigenvalue weighted by molar-refractivity contribution is 8.00. The lowest BCUT2D eigenvalue weighted by Crippen LogP contribution is -2.00. The zero-order chi connectivity index (χ0) is 9.35. The van der Waals surface area contributed by atoms with E-state index in [1.54, 1.807) is 0 Å². The Bertz CT molecular complexity index is 284. The summed E-state index contributed by atoms with van der Waals surface area (Å²) in [6.07, 6.45) is 0. The predicted octanol–water partition coefficient (Wildman–Crippen LogP) is 2.26. The van der Waals surface area contributed by atoms with Crippen molar-refractivity contribution in [1.82, 2.24) is 9.97 Å². The summed E-state index contributed by atoms with van der Waals surface area (Å²) in [6.45, 7) is 0. The monoisotopic (exact) mass is 217 g/mol. The molecule has 0 aromatic carbocycles. The molecule has 68 valence electrons. The number of nitrogens with one attached hydrogen (secondary N) is 1. The highest BCUT2D eigenvalue weighted by atomic mass is 35.5. The van der Waals surface area contributed by atoms with Crippen molar-refractivity contribution in [3.8, 4) is 0 Å². The van der Waals surface area contributed by atoms with Crippen molar-refractivity contribution in [3.05, 3.63) is 5.28 Å². The lowest BCUT2D eigenvalue weighted by atomic mass is 10.8. The summed E-state index contributed by atoms with van der Waals surface area (Å²) >= 11 is 4.86. The number of alkyl halides is 3. The van der Waals surface area contributed by atoms with Gasteiger partial charge < -0.3 is 10.7 Å². The van der Waals surface area contributed by atoms with Gasteiger partial charge in [0.2, 0.25) is 5.28 Å². The molecule has 0 amide bonds. The number of aromatic nitrogens is 2. The van der Waals surface area contributed by atoms with E-state index in [1.165, 1.54) is 0 Å². The van der Waals surface area contributed by atoms with Crippen molar-refractivity contribution in [2.75, 3.05) is 5.73 Å². The lowest BCUT2D eigenvalue weighted by molar-refractivity contribution is -0.0329. The SMILES string of the molecule is Nc1[nH]c(Cl)nc1SC(F)(F)F. The molecule has 0 unspecified atom stereocenters. The second kappa shape index (κ2) is 3.06. The van der Waals surface area contributed by atoms with Gasteiger partial charge in [-0.1, -0.05) is 0 Å². The molecule has 0 aliphatic heterocycles. The van der Waals surface area contributed by atoms with E-state index in [-0.39, 0.29) is 16.1 Å². The molecule has 12 heavy (non-hydrogen) atoms. The Morgan fingerprint density at radius 1 is 1.50 bits per heavy atom. The van der Waals surface area contributed by atoms with Crippen LogP contribution in [0.4, 0.5) is 19.0 Å². The molecule has 1 aromatic rings. The molecule has 0 spiro atoms. The standard InChI is InChI=1S/C4H3ClF3N3S/c5-3-10-1(9)2(11-3)12-4(6,7)8/h9H2,(H,10,11). The average molecular weight is 218 g/mol. The number of halogens is 4. The van der Waals surface area contributed by atoms with Gasteiger partial charge in [-0.2, -0.15) is 13.2 Å². The number of thioether (sulfide) groups is 1. The van der Waals surface area contributed by atoms with Gasteiger partial charge in [-0.25, -0.2) is 4.98 Å². The molecule has 1 heterocycles. The zero-order valence-electron chi connectivity index (χ0n) is 5.44. The Kier molecular flexibility index (Phi) is 2.43. The molecule has 8 heteroatoms. The van der Waals surface area contributed by atoms with E-state index in [4.69, 9.17) is 17.3 Å². The molecule has 0 aliphatic rings. The molecule has 3 nitrogen and oxygen atoms in total. The maximum atomic E-state index is 11.7. The van der Waals surface area contributed by atoms with Gasteiger partial charge in [0.25, 0.3) is 0 Å². The van der Waals surface area contributed by atoms with E-state index in [9.17, 15) is 13.2 Å². The number of hydrogen-bond donors (Lipinski definition) is 2. The highest BCUT2D eigenvalue weighted by Gasteiger charge is 2.31. The van der Waals surface area contributed by atoms with Gasteiger partial charge in [-0.15, -0.1) is 0 Å². The molecule has 0 bridgehead atoms. The van der Waals surface area contributed by atoms with E-state index in [0.29, 0.717) is 0 Å². The second-order valence-electron chi connectivity index (χ2n) is 1.79. The number of nitrogens with zero attached hydrogens (tertiary/aromatic N) is 1. The summed E-state index contributed by atoms with van der Waals surface area (Å²) in [5.41, 5.74) is 0.729. The second-order valence-corrected chi connectivity index (χ2v) is 3.21. The number of anilines is 1. The normalized spacial score (nSPS) is 12.0. The molecule has 0 atom stereocenters. The third-order valence-corrected chi connectivity index (χ3v) is 1.80. The Morgan fingerprint density at radius 3 is 2.42 bits per heavy atom. The number of aromatic amines is 1. The molecule has 3 N–H and O–H groups in total. The van der Waals surface area contributed by atoms with Crippen LogP contribution in [0.25, 0.3) is 0 Å². The first-order chi connectivity index (χ1) is 5.38. The summed E-state index contributed by atoms with van der Waals surface area (Å²) < 4.78 is 35.2. The molecular formula is C4H3ClF3N3S. The summed E-state index contributed by atoms with van der Waals surface area (Å²) in [5, 5.41) is -0.508. The van der Waals surface area contributed by atoms with Crippen molar-refractivity contribution in [1.29, 1.82) is 0 Å². The van der Waals surface area contributed by atoms with Gasteiger partial charge in [0.05, 0.1) is 0 Å². The number of hydrogen-bond acceptors (Lipinski definition) is 3. The van der Waals surface area contributed by atoms with E-state index < -0.39 is 17.3 Å². The number of nitrogen functional groups attached to an aromatic ring is 1. The minimum Gasteiger partial charge on any atom is -0.383 e. The van der Waals surface area contributed by atoms with Crippen LogP contribution in [0.2, 0.25) is 5.28 Å². The van der Waals surface area contributed by atoms with Crippen molar-refractivity contribution >= 4 is 29.2 Å². The van der Waals surface area contributed by atoms with Gasteiger partial charge in [0, 0.05) is 11.8 Å². The molecule has 1 aromatic heterocycles. The van der Waals surface area contributed by atoms with Gasteiger partial charge in [-0.3, -0.25) is 0 Å². The van der Waals surface area contributed by atoms with E-state index in [2.05, 4.69) is 9.97 Å². The Morgan fingerprint density at radius 2 is 2.08 bits per heavy atom. The topological polar surface area (TPSA) is 54.7 Å². The molecular weight excluding hydrogens is 215 g/mol. The Balaban J connectivity index is 2.82. The highest BCUT2D eigenvalue weighted by Crippen LogP contribution is 2.38. The first-order valence-electron chi connectivity index (χ1n) is 2.65. The van der Waals surface area contributed by atoms with E-state index in [1.807, 2.05) is 0 Å². The van der Waals surface area contributed by atoms with Crippen LogP contribution < -0.4 is 5.73 Å². The first kappa shape index (κ1) is 9.53. The third-order valence-electron chi connectivity index (χ3n) is 0.880. The van der Waals surface area contributed by atoms with Crippen molar-refractivity contribution in [2.24, 2.45) is 0 Å². The molecule has 0 saturated heterocycles. The molecule has 0 saturated carbocycles. The van der Waals surface area contributed by atoms with Crippen LogP contribution in [-0.4, -0.2) is 15.5 Å². The largest absolute Gasteiger partial charge is 0.447 e. The summed E-state index contributed by atoms with van der Waals surface area (Å²) in [6, 6.07) is 0. The summed E-state index contributed by atoms with van der Waals surface area (Å²) in [7, 11) is 0. The molecule has 0 fully saturated rings. The number of rotatable bonds is 1. The first-order valence-corrected chi connectivity index (χ1v) is 3.84. The fourth-order valence-electron chi connectivity index (χ4n) is 0.529. The fraction of sp³-hybridized carbons (Fsp3) is 0.250. The average Bonchev–Trinajstić information content (AvgIpc) is 2.06. The third kappa shape index (κ3) is 2.49. The van der Waals surface area contributed by atoms with Gasteiger partial charge in [0.15, 0.2) is 0 Å². The fourth-order valence-corrected chi connectivity index (χ4v) is 1.28. The van der Waals surface area contributed by atoms with Crippen LogP contribution in [0, 0.1) is 0 Å². The number of H-pyrrole nitrogens is 1. The van der Waals surface area contributed by atoms with Gasteiger partial charge >= 0.3 is 5.51 Å². The maximum Gasteiger partial charge on any atom is 0.447 e. The Labute approximate surface area is 74.5 Å². The van der Waals surface area contributed by atoms with Crippen LogP contribution in [0.5, 0.6) is 0 Å². The van der Waals surface area contributed by atoms with Crippen LogP contribution >= 0.6 is 23.4 Å². The quantitative estimate of drug-likeness (QED) is 0.710. The van der Waals surface area contributed by atoms with Crippen LogP contribution in [0.1, 0.15) is 0 Å². The van der Waals surface area contributed by atoms with Crippen LogP contribution in [0.15, 0.2) is 5.03 Å². The van der Waals surface area contributed by atoms with Gasteiger partial charge in [-0.05, 0) is 11.6 Å². The lowest BCUT2D eigenvalue weighted by Gasteiger charge is -2.01. The minimum absolute atomic E-state index is 0.153. The number of nitrogens with two attached hydrogens (primary N) is 1. The van der Waals surface area contributed by atoms with Crippen molar-refractivity contribution < 1.29 is 13.2 Å². The summed E-state index contributed by atoms with van der Waals surface area (Å²) in [4.78, 5) is 5.56. The smallest absolute Gasteiger partial charge is 0.383 e. The van der Waals surface area contributed by atoms with Crippen LogP contribution in [-0.2, 0) is 0 Å². The molecule has 0 aliphatic carbocycles.